The highest BCUT2D eigenvalue weighted by Crippen LogP contribution is 2.11. The van der Waals surface area contributed by atoms with Crippen LogP contribution < -0.4 is 0 Å². The van der Waals surface area contributed by atoms with Crippen LogP contribution in [0, 0.1) is 11.6 Å². The van der Waals surface area contributed by atoms with Crippen molar-refractivity contribution in [3.63, 3.8) is 0 Å². The van der Waals surface area contributed by atoms with Crippen LogP contribution in [0.15, 0.2) is 54.6 Å². The molecular formula is C15H12F2. The molecule has 0 spiro atoms. The minimum absolute atomic E-state index is 0.231. The lowest BCUT2D eigenvalue weighted by Gasteiger charge is -1.98. The fraction of sp³-hybridized carbons (Fsp3) is 0.0667. The molecule has 0 amide bonds. The van der Waals surface area contributed by atoms with Gasteiger partial charge in [0.25, 0.3) is 0 Å². The number of rotatable bonds is 3. The van der Waals surface area contributed by atoms with Gasteiger partial charge < -0.3 is 0 Å². The molecule has 86 valence electrons. The number of hydrogen-bond donors (Lipinski definition) is 0. The van der Waals surface area contributed by atoms with Gasteiger partial charge in [-0.2, -0.15) is 0 Å². The monoisotopic (exact) mass is 230 g/mol. The lowest BCUT2D eigenvalue weighted by molar-refractivity contribution is 0.615. The molecule has 0 atom stereocenters. The van der Waals surface area contributed by atoms with Crippen molar-refractivity contribution in [1.29, 1.82) is 0 Å². The van der Waals surface area contributed by atoms with Crippen LogP contribution in [0.4, 0.5) is 8.78 Å². The predicted molar refractivity (Wildman–Crippen MR) is 65.5 cm³/mol. The SMILES string of the molecule is Fc1ccccc1/C=C/Cc1ccccc1F. The second kappa shape index (κ2) is 5.39. The van der Waals surface area contributed by atoms with Crippen molar-refractivity contribution in [3.05, 3.63) is 77.4 Å². The molecule has 2 aromatic rings. The van der Waals surface area contributed by atoms with E-state index < -0.39 is 0 Å². The largest absolute Gasteiger partial charge is 0.207 e. The Hall–Kier alpha value is -1.96. The first kappa shape index (κ1) is 11.5. The Kier molecular flexibility index (Phi) is 3.66. The summed E-state index contributed by atoms with van der Waals surface area (Å²) in [6, 6.07) is 13.1. The summed E-state index contributed by atoms with van der Waals surface area (Å²) in [5.41, 5.74) is 1.13. The fourth-order valence-electron chi connectivity index (χ4n) is 1.59. The summed E-state index contributed by atoms with van der Waals surface area (Å²) in [4.78, 5) is 0. The average Bonchev–Trinajstić information content (AvgIpc) is 2.34. The Morgan fingerprint density at radius 1 is 0.824 bits per heavy atom. The molecule has 0 aliphatic heterocycles. The molecule has 0 aromatic heterocycles. The van der Waals surface area contributed by atoms with Crippen molar-refractivity contribution in [3.8, 4) is 0 Å². The molecule has 2 rings (SSSR count). The van der Waals surface area contributed by atoms with Crippen LogP contribution in [-0.4, -0.2) is 0 Å². The summed E-state index contributed by atoms with van der Waals surface area (Å²) in [5, 5.41) is 0. The van der Waals surface area contributed by atoms with Crippen LogP contribution in [0.2, 0.25) is 0 Å². The summed E-state index contributed by atoms with van der Waals surface area (Å²) in [5.74, 6) is -0.497. The summed E-state index contributed by atoms with van der Waals surface area (Å²) < 4.78 is 26.6. The van der Waals surface area contributed by atoms with E-state index in [0.29, 0.717) is 17.5 Å². The molecule has 0 fully saturated rings. The highest BCUT2D eigenvalue weighted by Gasteiger charge is 1.98. The lowest BCUT2D eigenvalue weighted by Crippen LogP contribution is -1.87. The molecule has 0 nitrogen and oxygen atoms in total. The molecule has 2 aromatic carbocycles. The second-order valence-corrected chi connectivity index (χ2v) is 3.72. The van der Waals surface area contributed by atoms with Gasteiger partial charge in [-0.15, -0.1) is 0 Å². The summed E-state index contributed by atoms with van der Waals surface area (Å²) in [6.07, 6.45) is 3.89. The smallest absolute Gasteiger partial charge is 0.130 e. The zero-order valence-electron chi connectivity index (χ0n) is 9.24. The number of allylic oxidation sites excluding steroid dienone is 1. The van der Waals surface area contributed by atoms with Crippen molar-refractivity contribution in [2.24, 2.45) is 0 Å². The third-order valence-electron chi connectivity index (χ3n) is 2.50. The van der Waals surface area contributed by atoms with E-state index in [2.05, 4.69) is 0 Å². The quantitative estimate of drug-likeness (QED) is 0.740. The van der Waals surface area contributed by atoms with E-state index >= 15 is 0 Å². The Morgan fingerprint density at radius 2 is 1.47 bits per heavy atom. The van der Waals surface area contributed by atoms with Gasteiger partial charge in [0.2, 0.25) is 0 Å². The van der Waals surface area contributed by atoms with E-state index in [-0.39, 0.29) is 11.6 Å². The van der Waals surface area contributed by atoms with Crippen LogP contribution in [-0.2, 0) is 6.42 Å². The van der Waals surface area contributed by atoms with E-state index in [9.17, 15) is 8.78 Å². The first-order valence-electron chi connectivity index (χ1n) is 5.42. The third-order valence-corrected chi connectivity index (χ3v) is 2.50. The van der Waals surface area contributed by atoms with E-state index in [1.807, 2.05) is 0 Å². The molecule has 0 saturated heterocycles. The summed E-state index contributed by atoms with van der Waals surface area (Å²) in [7, 11) is 0. The van der Waals surface area contributed by atoms with Gasteiger partial charge in [-0.1, -0.05) is 48.6 Å². The van der Waals surface area contributed by atoms with Crippen molar-refractivity contribution < 1.29 is 8.78 Å². The summed E-state index contributed by atoms with van der Waals surface area (Å²) >= 11 is 0. The maximum Gasteiger partial charge on any atom is 0.130 e. The second-order valence-electron chi connectivity index (χ2n) is 3.72. The molecule has 0 bridgehead atoms. The van der Waals surface area contributed by atoms with Crippen molar-refractivity contribution >= 4 is 6.08 Å². The maximum absolute atomic E-state index is 13.3. The lowest BCUT2D eigenvalue weighted by atomic mass is 10.1. The Morgan fingerprint density at radius 3 is 2.18 bits per heavy atom. The minimum atomic E-state index is -0.266. The van der Waals surface area contributed by atoms with Crippen molar-refractivity contribution in [2.75, 3.05) is 0 Å². The third kappa shape index (κ3) is 3.00. The van der Waals surface area contributed by atoms with Crippen LogP contribution in [0.5, 0.6) is 0 Å². The predicted octanol–water partition coefficient (Wildman–Crippen LogP) is 4.22. The highest BCUT2D eigenvalue weighted by atomic mass is 19.1. The molecule has 0 aliphatic carbocycles. The maximum atomic E-state index is 13.3. The molecule has 0 N–H and O–H groups in total. The number of benzene rings is 2. The topological polar surface area (TPSA) is 0 Å². The first-order valence-corrected chi connectivity index (χ1v) is 5.42. The molecule has 0 aliphatic rings. The van der Waals surface area contributed by atoms with Crippen LogP contribution in [0.25, 0.3) is 6.08 Å². The van der Waals surface area contributed by atoms with E-state index in [1.165, 1.54) is 12.1 Å². The standard InChI is InChI=1S/C15H12F2/c16-14-10-3-1-6-12(14)8-5-9-13-7-2-4-11-15(13)17/h1-8,10-11H,9H2/b8-5+. The van der Waals surface area contributed by atoms with Gasteiger partial charge in [-0.05, 0) is 24.1 Å². The number of hydrogen-bond acceptors (Lipinski definition) is 0. The zero-order chi connectivity index (χ0) is 12.1. The molecular weight excluding hydrogens is 218 g/mol. The van der Waals surface area contributed by atoms with Gasteiger partial charge >= 0.3 is 0 Å². The average molecular weight is 230 g/mol. The molecule has 0 saturated carbocycles. The van der Waals surface area contributed by atoms with Crippen molar-refractivity contribution in [1.82, 2.24) is 0 Å². The number of halogens is 2. The molecule has 0 radical (unpaired) electrons. The Balaban J connectivity index is 2.09. The van der Waals surface area contributed by atoms with E-state index in [1.54, 1.807) is 48.6 Å². The van der Waals surface area contributed by atoms with Crippen LogP contribution in [0.1, 0.15) is 11.1 Å². The molecule has 0 heterocycles. The summed E-state index contributed by atoms with van der Waals surface area (Å²) in [6.45, 7) is 0. The fourth-order valence-corrected chi connectivity index (χ4v) is 1.59. The Bertz CT molecular complexity index is 530. The molecule has 2 heteroatoms. The van der Waals surface area contributed by atoms with Gasteiger partial charge in [-0.25, -0.2) is 8.78 Å². The van der Waals surface area contributed by atoms with Gasteiger partial charge in [-0.3, -0.25) is 0 Å². The van der Waals surface area contributed by atoms with Crippen LogP contribution in [0.3, 0.4) is 0 Å². The normalized spacial score (nSPS) is 10.9. The van der Waals surface area contributed by atoms with Gasteiger partial charge in [0.05, 0.1) is 0 Å². The molecule has 0 unspecified atom stereocenters. The first-order chi connectivity index (χ1) is 8.27. The van der Waals surface area contributed by atoms with Gasteiger partial charge in [0, 0.05) is 5.56 Å². The van der Waals surface area contributed by atoms with Crippen molar-refractivity contribution in [2.45, 2.75) is 6.42 Å². The highest BCUT2D eigenvalue weighted by molar-refractivity contribution is 5.50. The van der Waals surface area contributed by atoms with Gasteiger partial charge in [0.15, 0.2) is 0 Å². The van der Waals surface area contributed by atoms with Crippen LogP contribution >= 0.6 is 0 Å². The van der Waals surface area contributed by atoms with E-state index in [0.717, 1.165) is 0 Å². The zero-order valence-corrected chi connectivity index (χ0v) is 9.24. The van der Waals surface area contributed by atoms with E-state index in [4.69, 9.17) is 0 Å². The minimum Gasteiger partial charge on any atom is -0.207 e. The van der Waals surface area contributed by atoms with Gasteiger partial charge in [0.1, 0.15) is 11.6 Å². The Labute approximate surface area is 99.2 Å². The molecule has 17 heavy (non-hydrogen) atoms.